The number of aromatic nitrogens is 1. The van der Waals surface area contributed by atoms with Crippen molar-refractivity contribution in [2.75, 3.05) is 6.54 Å². The van der Waals surface area contributed by atoms with Crippen LogP contribution in [0.5, 0.6) is 0 Å². The summed E-state index contributed by atoms with van der Waals surface area (Å²) in [7, 11) is 0. The van der Waals surface area contributed by atoms with Crippen LogP contribution in [-0.4, -0.2) is 25.1 Å². The van der Waals surface area contributed by atoms with Crippen LogP contribution in [-0.2, 0) is 11.4 Å². The molecule has 1 unspecified atom stereocenters. The second kappa shape index (κ2) is 5.15. The molecule has 0 amide bonds. The molecule has 2 rings (SSSR count). The zero-order valence-corrected chi connectivity index (χ0v) is 11.8. The lowest BCUT2D eigenvalue weighted by molar-refractivity contribution is 0.379. The third-order valence-electron chi connectivity index (χ3n) is 3.05. The Balaban J connectivity index is 2.23. The molecule has 3 nitrogen and oxygen atoms in total. The molecule has 0 saturated carbocycles. The zero-order chi connectivity index (χ0) is 13.3. The molecule has 2 heterocycles. The summed E-state index contributed by atoms with van der Waals surface area (Å²) >= 11 is -1.07. The zero-order valence-electron chi connectivity index (χ0n) is 11.0. The summed E-state index contributed by atoms with van der Waals surface area (Å²) in [4.78, 5) is 3.88. The largest absolute Gasteiger partial charge is 0.597 e. The first-order valence-corrected chi connectivity index (χ1v) is 7.29. The van der Waals surface area contributed by atoms with Crippen LogP contribution in [0.1, 0.15) is 45.2 Å². The van der Waals surface area contributed by atoms with Crippen LogP contribution in [0, 0.1) is 5.82 Å². The number of nitrogens with zero attached hydrogens (tertiary/aromatic N) is 2. The van der Waals surface area contributed by atoms with E-state index in [-0.39, 0.29) is 16.6 Å². The number of pyridine rings is 1. The summed E-state index contributed by atoms with van der Waals surface area (Å²) in [5, 5.41) is 0. The minimum atomic E-state index is -1.07. The van der Waals surface area contributed by atoms with Gasteiger partial charge in [0.2, 0.25) is 0 Å². The maximum absolute atomic E-state index is 13.2. The quantitative estimate of drug-likeness (QED) is 0.776. The average molecular weight is 270 g/mol. The minimum absolute atomic E-state index is 0.0215. The lowest BCUT2D eigenvalue weighted by Gasteiger charge is -2.33. The molecule has 100 valence electrons. The Labute approximate surface area is 111 Å². The van der Waals surface area contributed by atoms with Crippen LogP contribution in [0.25, 0.3) is 0 Å². The first-order chi connectivity index (χ1) is 8.39. The second-order valence-corrected chi connectivity index (χ2v) is 7.79. The molecule has 1 aromatic heterocycles. The molecule has 0 radical (unpaired) electrons. The van der Waals surface area contributed by atoms with Crippen molar-refractivity contribution in [3.05, 3.63) is 29.8 Å². The van der Waals surface area contributed by atoms with Gasteiger partial charge in [-0.2, -0.15) is 0 Å². The van der Waals surface area contributed by atoms with Crippen molar-refractivity contribution in [2.45, 2.75) is 44.4 Å². The fourth-order valence-electron chi connectivity index (χ4n) is 2.23. The highest BCUT2D eigenvalue weighted by Gasteiger charge is 2.41. The van der Waals surface area contributed by atoms with Crippen molar-refractivity contribution >= 4 is 11.4 Å². The van der Waals surface area contributed by atoms with E-state index in [0.717, 1.165) is 24.9 Å². The number of rotatable bonds is 2. The smallest absolute Gasteiger partial charge is 0.141 e. The normalized spacial score (nSPS) is 23.3. The van der Waals surface area contributed by atoms with Gasteiger partial charge in [0.1, 0.15) is 10.6 Å². The van der Waals surface area contributed by atoms with Crippen molar-refractivity contribution in [3.63, 3.8) is 0 Å². The van der Waals surface area contributed by atoms with Crippen LogP contribution in [0.15, 0.2) is 18.5 Å². The van der Waals surface area contributed by atoms with Crippen molar-refractivity contribution < 1.29 is 8.94 Å². The summed E-state index contributed by atoms with van der Waals surface area (Å²) in [6.45, 7) is 6.68. The van der Waals surface area contributed by atoms with Gasteiger partial charge in [-0.25, -0.2) is 4.39 Å². The molecule has 2 atom stereocenters. The summed E-state index contributed by atoms with van der Waals surface area (Å²) < 4.78 is 27.4. The monoisotopic (exact) mass is 270 g/mol. The average Bonchev–Trinajstić information content (AvgIpc) is 2.75. The maximum atomic E-state index is 13.2. The van der Waals surface area contributed by atoms with E-state index in [9.17, 15) is 8.94 Å². The Bertz CT molecular complexity index is 422. The lowest BCUT2D eigenvalue weighted by atomic mass is 10.1. The van der Waals surface area contributed by atoms with Crippen LogP contribution < -0.4 is 0 Å². The van der Waals surface area contributed by atoms with E-state index in [1.54, 1.807) is 6.20 Å². The van der Waals surface area contributed by atoms with Gasteiger partial charge in [0.05, 0.1) is 12.2 Å². The predicted molar refractivity (Wildman–Crippen MR) is 70.8 cm³/mol. The summed E-state index contributed by atoms with van der Waals surface area (Å²) in [5.74, 6) is -0.333. The van der Waals surface area contributed by atoms with E-state index in [1.807, 2.05) is 25.1 Å². The SMILES string of the molecule is CC(C)(C)[S@+]([O-])N1CCCC1c1cncc(F)c1. The molecule has 1 fully saturated rings. The molecule has 1 aliphatic rings. The molecule has 1 aliphatic heterocycles. The topological polar surface area (TPSA) is 39.2 Å². The standard InChI is InChI=1S/C13H19FN2OS/c1-13(2,3)18(17)16-6-4-5-12(16)10-7-11(14)9-15-8-10/h7-9,12H,4-6H2,1-3H3/t12?,18-/m0/s1. The van der Waals surface area contributed by atoms with Crippen LogP contribution >= 0.6 is 0 Å². The molecular formula is C13H19FN2OS. The second-order valence-electron chi connectivity index (χ2n) is 5.60. The van der Waals surface area contributed by atoms with Crippen LogP contribution in [0.2, 0.25) is 0 Å². The Morgan fingerprint density at radius 1 is 1.44 bits per heavy atom. The molecule has 1 saturated heterocycles. The third-order valence-corrected chi connectivity index (χ3v) is 4.96. The van der Waals surface area contributed by atoms with Gasteiger partial charge < -0.3 is 4.55 Å². The molecule has 0 aliphatic carbocycles. The Kier molecular flexibility index (Phi) is 3.94. The number of hydrogen-bond acceptors (Lipinski definition) is 3. The highest BCUT2D eigenvalue weighted by molar-refractivity contribution is 7.90. The third kappa shape index (κ3) is 2.84. The van der Waals surface area contributed by atoms with Gasteiger partial charge in [-0.15, -0.1) is 4.31 Å². The van der Waals surface area contributed by atoms with E-state index in [1.165, 1.54) is 12.3 Å². The van der Waals surface area contributed by atoms with Gasteiger partial charge >= 0.3 is 0 Å². The Morgan fingerprint density at radius 2 is 2.17 bits per heavy atom. The molecule has 0 aromatic carbocycles. The molecule has 5 heteroatoms. The summed E-state index contributed by atoms with van der Waals surface area (Å²) in [6.07, 6.45) is 4.77. The number of halogens is 1. The van der Waals surface area contributed by atoms with Gasteiger partial charge in [-0.3, -0.25) is 4.98 Å². The molecule has 0 spiro atoms. The first-order valence-electron chi connectivity index (χ1n) is 6.18. The van der Waals surface area contributed by atoms with E-state index in [2.05, 4.69) is 4.98 Å². The maximum Gasteiger partial charge on any atom is 0.141 e. The molecule has 18 heavy (non-hydrogen) atoms. The van der Waals surface area contributed by atoms with Gasteiger partial charge in [0, 0.05) is 24.1 Å². The van der Waals surface area contributed by atoms with Gasteiger partial charge in [-0.1, -0.05) is 0 Å². The van der Waals surface area contributed by atoms with E-state index in [4.69, 9.17) is 0 Å². The van der Waals surface area contributed by atoms with E-state index < -0.39 is 11.4 Å². The van der Waals surface area contributed by atoms with Crippen molar-refractivity contribution in [1.29, 1.82) is 0 Å². The molecule has 1 aromatic rings. The highest BCUT2D eigenvalue weighted by atomic mass is 32.2. The molecular weight excluding hydrogens is 251 g/mol. The van der Waals surface area contributed by atoms with E-state index in [0.29, 0.717) is 0 Å². The Morgan fingerprint density at radius 3 is 2.78 bits per heavy atom. The lowest BCUT2D eigenvalue weighted by Crippen LogP contribution is -2.42. The summed E-state index contributed by atoms with van der Waals surface area (Å²) in [6, 6.07) is 1.52. The van der Waals surface area contributed by atoms with Gasteiger partial charge in [-0.05, 0) is 45.2 Å². The predicted octanol–water partition coefficient (Wildman–Crippen LogP) is 2.82. The number of hydrogen-bond donors (Lipinski definition) is 0. The van der Waals surface area contributed by atoms with Crippen molar-refractivity contribution in [1.82, 2.24) is 9.29 Å². The molecule has 0 N–H and O–H groups in total. The van der Waals surface area contributed by atoms with Crippen LogP contribution in [0.4, 0.5) is 4.39 Å². The fraction of sp³-hybridized carbons (Fsp3) is 0.615. The highest BCUT2D eigenvalue weighted by Crippen LogP contribution is 2.37. The van der Waals surface area contributed by atoms with Gasteiger partial charge in [0.15, 0.2) is 0 Å². The van der Waals surface area contributed by atoms with Crippen molar-refractivity contribution in [2.24, 2.45) is 0 Å². The summed E-state index contributed by atoms with van der Waals surface area (Å²) in [5.41, 5.74) is 0.824. The molecule has 0 bridgehead atoms. The van der Waals surface area contributed by atoms with Crippen molar-refractivity contribution in [3.8, 4) is 0 Å². The first kappa shape index (κ1) is 13.8. The van der Waals surface area contributed by atoms with Gasteiger partial charge in [0.25, 0.3) is 0 Å². The van der Waals surface area contributed by atoms with E-state index >= 15 is 0 Å². The minimum Gasteiger partial charge on any atom is -0.597 e. The fourth-order valence-corrected chi connectivity index (χ4v) is 3.69. The Hall–Kier alpha value is -0.650. The van der Waals surface area contributed by atoms with Crippen LogP contribution in [0.3, 0.4) is 0 Å².